The summed E-state index contributed by atoms with van der Waals surface area (Å²) in [6.45, 7) is -0.207. The number of methoxy groups -OCH3 is 1. The van der Waals surface area contributed by atoms with E-state index < -0.39 is 5.97 Å². The van der Waals surface area contributed by atoms with Gasteiger partial charge in [-0.15, -0.1) is 0 Å². The fourth-order valence-corrected chi connectivity index (χ4v) is 2.02. The second-order valence-corrected chi connectivity index (χ2v) is 4.48. The minimum absolute atomic E-state index is 0.207. The molecule has 0 bridgehead atoms. The molecule has 0 spiro atoms. The Hall–Kier alpha value is -3.02. The summed E-state index contributed by atoms with van der Waals surface area (Å²) in [6.07, 6.45) is 2.81. The van der Waals surface area contributed by atoms with Crippen LogP contribution in [0.5, 0.6) is 5.75 Å². The van der Waals surface area contributed by atoms with E-state index in [1.807, 2.05) is 0 Å². The summed E-state index contributed by atoms with van der Waals surface area (Å²) in [5.74, 6) is -0.107. The molecule has 0 N–H and O–H groups in total. The van der Waals surface area contributed by atoms with Gasteiger partial charge >= 0.3 is 5.97 Å². The van der Waals surface area contributed by atoms with Gasteiger partial charge < -0.3 is 18.3 Å². The minimum atomic E-state index is -0.487. The van der Waals surface area contributed by atoms with Crippen molar-refractivity contribution in [3.05, 3.63) is 54.2 Å². The highest BCUT2D eigenvalue weighted by Gasteiger charge is 2.18. The second kappa shape index (κ2) is 5.77. The van der Waals surface area contributed by atoms with Crippen molar-refractivity contribution in [1.29, 1.82) is 0 Å². The number of ether oxygens (including phenoxy) is 2. The topological polar surface area (TPSA) is 78.9 Å². The highest BCUT2D eigenvalue weighted by atomic mass is 16.6. The fraction of sp³-hybridized carbons (Fsp3) is 0.125. The zero-order valence-corrected chi connectivity index (χ0v) is 11.7. The van der Waals surface area contributed by atoms with E-state index in [1.165, 1.54) is 19.6 Å². The van der Waals surface area contributed by atoms with Gasteiger partial charge in [0.1, 0.15) is 17.6 Å². The summed E-state index contributed by atoms with van der Waals surface area (Å²) < 4.78 is 20.3. The van der Waals surface area contributed by atoms with Crippen LogP contribution in [0.3, 0.4) is 0 Å². The zero-order chi connectivity index (χ0) is 15.5. The third kappa shape index (κ3) is 2.58. The van der Waals surface area contributed by atoms with Crippen molar-refractivity contribution in [1.82, 2.24) is 0 Å². The summed E-state index contributed by atoms with van der Waals surface area (Å²) >= 11 is 0. The van der Waals surface area contributed by atoms with E-state index in [1.54, 1.807) is 30.3 Å². The maximum absolute atomic E-state index is 12.3. The van der Waals surface area contributed by atoms with Gasteiger partial charge in [0, 0.05) is 5.39 Å². The lowest BCUT2D eigenvalue weighted by atomic mass is 10.1. The molecule has 0 saturated carbocycles. The van der Waals surface area contributed by atoms with Crippen LogP contribution in [0.2, 0.25) is 0 Å². The number of fused-ring (bicyclic) bond motifs is 1. The van der Waals surface area contributed by atoms with Gasteiger partial charge in [-0.05, 0) is 30.3 Å². The van der Waals surface area contributed by atoms with E-state index in [4.69, 9.17) is 13.6 Å². The number of hydrogen-bond donors (Lipinski definition) is 0. The Labute approximate surface area is 125 Å². The number of carbonyl (C=O) groups excluding carboxylic acids is 2. The lowest BCUT2D eigenvalue weighted by molar-refractivity contribution is -0.142. The van der Waals surface area contributed by atoms with E-state index in [0.29, 0.717) is 22.3 Å². The van der Waals surface area contributed by atoms with E-state index in [0.717, 1.165) is 0 Å². The molecule has 6 heteroatoms. The molecule has 6 nitrogen and oxygen atoms in total. The van der Waals surface area contributed by atoms with Crippen LogP contribution in [0.4, 0.5) is 0 Å². The molecule has 2 heterocycles. The maximum atomic E-state index is 12.3. The number of esters is 1. The molecular formula is C16H12O6. The Morgan fingerprint density at radius 1 is 1.18 bits per heavy atom. The first kappa shape index (κ1) is 13.9. The Bertz CT molecular complexity index is 812. The first-order chi connectivity index (χ1) is 10.7. The Morgan fingerprint density at radius 3 is 2.77 bits per heavy atom. The van der Waals surface area contributed by atoms with Crippen molar-refractivity contribution in [2.24, 2.45) is 0 Å². The fourth-order valence-electron chi connectivity index (χ4n) is 2.02. The van der Waals surface area contributed by atoms with E-state index in [-0.39, 0.29) is 18.2 Å². The molecule has 0 fully saturated rings. The Balaban J connectivity index is 1.92. The molecule has 0 saturated heterocycles. The summed E-state index contributed by atoms with van der Waals surface area (Å²) in [7, 11) is 1.28. The molecule has 0 aliphatic heterocycles. The molecule has 0 amide bonds. The molecular weight excluding hydrogens is 288 g/mol. The maximum Gasteiger partial charge on any atom is 0.343 e. The van der Waals surface area contributed by atoms with E-state index in [2.05, 4.69) is 4.74 Å². The number of hydrogen-bond acceptors (Lipinski definition) is 6. The van der Waals surface area contributed by atoms with Crippen molar-refractivity contribution in [3.63, 3.8) is 0 Å². The molecule has 112 valence electrons. The Morgan fingerprint density at radius 2 is 2.05 bits per heavy atom. The van der Waals surface area contributed by atoms with Crippen molar-refractivity contribution < 1.29 is 27.9 Å². The predicted octanol–water partition coefficient (Wildman–Crippen LogP) is 2.81. The van der Waals surface area contributed by atoms with Crippen molar-refractivity contribution >= 4 is 22.7 Å². The second-order valence-electron chi connectivity index (χ2n) is 4.48. The number of furan rings is 2. The van der Waals surface area contributed by atoms with Crippen LogP contribution >= 0.6 is 0 Å². The molecule has 0 aliphatic carbocycles. The predicted molar refractivity (Wildman–Crippen MR) is 75.9 cm³/mol. The van der Waals surface area contributed by atoms with Gasteiger partial charge in [0.2, 0.25) is 5.78 Å². The molecule has 0 unspecified atom stereocenters. The average molecular weight is 300 g/mol. The average Bonchev–Trinajstić information content (AvgIpc) is 3.20. The molecule has 1 aromatic carbocycles. The third-order valence-electron chi connectivity index (χ3n) is 3.12. The van der Waals surface area contributed by atoms with Crippen LogP contribution in [0, 0.1) is 0 Å². The molecule has 2 aromatic heterocycles. The standard InChI is InChI=1S/C16H12O6/c1-19-15(17)9-21-10-4-5-13-11(7-10)12(8-22-13)16(18)14-3-2-6-20-14/h2-8H,9H2,1H3. The molecule has 0 aliphatic rings. The number of rotatable bonds is 5. The van der Waals surface area contributed by atoms with Gasteiger partial charge in [-0.25, -0.2) is 4.79 Å². The first-order valence-corrected chi connectivity index (χ1v) is 6.48. The largest absolute Gasteiger partial charge is 0.482 e. The number of carbonyl (C=O) groups is 2. The smallest absolute Gasteiger partial charge is 0.343 e. The van der Waals surface area contributed by atoms with Crippen LogP contribution in [-0.2, 0) is 9.53 Å². The molecule has 0 atom stereocenters. The zero-order valence-electron chi connectivity index (χ0n) is 11.7. The van der Waals surface area contributed by atoms with Crippen LogP contribution in [0.25, 0.3) is 11.0 Å². The third-order valence-corrected chi connectivity index (χ3v) is 3.12. The normalized spacial score (nSPS) is 10.6. The van der Waals surface area contributed by atoms with Crippen molar-refractivity contribution in [2.45, 2.75) is 0 Å². The SMILES string of the molecule is COC(=O)COc1ccc2occ(C(=O)c3ccco3)c2c1. The van der Waals surface area contributed by atoms with Crippen LogP contribution in [0.1, 0.15) is 16.1 Å². The van der Waals surface area contributed by atoms with Gasteiger partial charge in [0.15, 0.2) is 12.4 Å². The lowest BCUT2D eigenvalue weighted by Crippen LogP contribution is -2.12. The lowest BCUT2D eigenvalue weighted by Gasteiger charge is -2.04. The van der Waals surface area contributed by atoms with Crippen LogP contribution in [-0.4, -0.2) is 25.5 Å². The molecule has 22 heavy (non-hydrogen) atoms. The summed E-state index contributed by atoms with van der Waals surface area (Å²) in [6, 6.07) is 8.17. The van der Waals surface area contributed by atoms with Gasteiger partial charge in [0.05, 0.1) is 18.9 Å². The number of ketones is 1. The van der Waals surface area contributed by atoms with Gasteiger partial charge in [0.25, 0.3) is 0 Å². The highest BCUT2D eigenvalue weighted by Crippen LogP contribution is 2.27. The van der Waals surface area contributed by atoms with E-state index in [9.17, 15) is 9.59 Å². The van der Waals surface area contributed by atoms with Gasteiger partial charge in [-0.1, -0.05) is 0 Å². The van der Waals surface area contributed by atoms with Crippen molar-refractivity contribution in [3.8, 4) is 5.75 Å². The van der Waals surface area contributed by atoms with Crippen LogP contribution < -0.4 is 4.74 Å². The summed E-state index contributed by atoms with van der Waals surface area (Å²) in [5, 5.41) is 0.587. The van der Waals surface area contributed by atoms with Gasteiger partial charge in [-0.3, -0.25) is 4.79 Å². The highest BCUT2D eigenvalue weighted by molar-refractivity contribution is 6.14. The Kier molecular flexibility index (Phi) is 3.65. The molecule has 3 rings (SSSR count). The number of benzene rings is 1. The summed E-state index contributed by atoms with van der Waals surface area (Å²) in [5.41, 5.74) is 0.911. The quantitative estimate of drug-likeness (QED) is 0.532. The first-order valence-electron chi connectivity index (χ1n) is 6.48. The monoisotopic (exact) mass is 300 g/mol. The van der Waals surface area contributed by atoms with Crippen LogP contribution in [0.15, 0.2) is 51.7 Å². The van der Waals surface area contributed by atoms with Gasteiger partial charge in [-0.2, -0.15) is 0 Å². The van der Waals surface area contributed by atoms with Crippen molar-refractivity contribution in [2.75, 3.05) is 13.7 Å². The molecule has 3 aromatic rings. The molecule has 0 radical (unpaired) electrons. The van der Waals surface area contributed by atoms with E-state index >= 15 is 0 Å². The summed E-state index contributed by atoms with van der Waals surface area (Å²) in [4.78, 5) is 23.4. The minimum Gasteiger partial charge on any atom is -0.482 e.